The lowest BCUT2D eigenvalue weighted by Crippen LogP contribution is -2.17. The summed E-state index contributed by atoms with van der Waals surface area (Å²) in [6, 6.07) is 4.84. The number of nitrogens with one attached hydrogen (secondary N) is 1. The fourth-order valence-electron chi connectivity index (χ4n) is 1.75. The molecule has 1 aromatic heterocycles. The maximum atomic E-state index is 12.8. The minimum Gasteiger partial charge on any atom is -0.321 e. The Hall–Kier alpha value is -2.31. The molecule has 1 amide bonds. The number of anilines is 1. The number of hydrogen-bond donors (Lipinski definition) is 1. The number of nitrogens with zero attached hydrogens (tertiary/aromatic N) is 2. The summed E-state index contributed by atoms with van der Waals surface area (Å²) in [6.07, 6.45) is -3.20. The second kappa shape index (κ2) is 4.99. The van der Waals surface area contributed by atoms with Crippen LogP contribution in [-0.2, 0) is 13.2 Å². The summed E-state index contributed by atoms with van der Waals surface area (Å²) in [5.74, 6) is -0.618. The summed E-state index contributed by atoms with van der Waals surface area (Å²) in [7, 11) is 1.65. The summed E-state index contributed by atoms with van der Waals surface area (Å²) in [5, 5.41) is 6.16. The molecule has 106 valence electrons. The standard InChI is InChI=1S/C13H12F3N3O/c1-8-9(7-17-19(8)2)12(20)18-11-6-4-3-5-10(11)13(14,15)16/h3-7H,1-2H3,(H,18,20). The van der Waals surface area contributed by atoms with Crippen molar-refractivity contribution in [3.8, 4) is 0 Å². The normalized spacial score (nSPS) is 11.4. The maximum Gasteiger partial charge on any atom is 0.418 e. The topological polar surface area (TPSA) is 46.9 Å². The third kappa shape index (κ3) is 2.66. The van der Waals surface area contributed by atoms with E-state index in [1.165, 1.54) is 29.1 Å². The molecule has 0 unspecified atom stereocenters. The Balaban J connectivity index is 2.32. The van der Waals surface area contributed by atoms with E-state index in [4.69, 9.17) is 0 Å². The highest BCUT2D eigenvalue weighted by Crippen LogP contribution is 2.34. The number of carbonyl (C=O) groups is 1. The maximum absolute atomic E-state index is 12.8. The van der Waals surface area contributed by atoms with Crippen molar-refractivity contribution in [1.29, 1.82) is 0 Å². The number of para-hydroxylation sites is 1. The van der Waals surface area contributed by atoms with Crippen LogP contribution in [0, 0.1) is 6.92 Å². The van der Waals surface area contributed by atoms with E-state index in [1.807, 2.05) is 0 Å². The van der Waals surface area contributed by atoms with Crippen LogP contribution in [0.5, 0.6) is 0 Å². The third-order valence-electron chi connectivity index (χ3n) is 2.96. The molecule has 2 rings (SSSR count). The fourth-order valence-corrected chi connectivity index (χ4v) is 1.75. The number of halogens is 3. The summed E-state index contributed by atoms with van der Waals surface area (Å²) in [5.41, 5.74) is -0.334. The van der Waals surface area contributed by atoms with Crippen LogP contribution in [0.1, 0.15) is 21.6 Å². The van der Waals surface area contributed by atoms with Gasteiger partial charge in [0.15, 0.2) is 0 Å². The molecule has 1 heterocycles. The van der Waals surface area contributed by atoms with E-state index in [0.717, 1.165) is 6.07 Å². The van der Waals surface area contributed by atoms with E-state index >= 15 is 0 Å². The molecule has 2 aromatic rings. The molecule has 0 radical (unpaired) electrons. The number of carbonyl (C=O) groups excluding carboxylic acids is 1. The average Bonchev–Trinajstić information content (AvgIpc) is 2.69. The number of rotatable bonds is 2. The molecule has 1 N–H and O–H groups in total. The van der Waals surface area contributed by atoms with Crippen LogP contribution in [0.4, 0.5) is 18.9 Å². The molecule has 4 nitrogen and oxygen atoms in total. The summed E-state index contributed by atoms with van der Waals surface area (Å²) in [6.45, 7) is 1.66. The second-order valence-electron chi connectivity index (χ2n) is 4.26. The molecule has 0 saturated carbocycles. The van der Waals surface area contributed by atoms with Crippen molar-refractivity contribution in [2.45, 2.75) is 13.1 Å². The van der Waals surface area contributed by atoms with Gasteiger partial charge in [-0.2, -0.15) is 18.3 Å². The highest BCUT2D eigenvalue weighted by Gasteiger charge is 2.33. The van der Waals surface area contributed by atoms with Gasteiger partial charge < -0.3 is 5.32 Å². The summed E-state index contributed by atoms with van der Waals surface area (Å²) < 4.78 is 39.9. The van der Waals surface area contributed by atoms with Gasteiger partial charge in [0, 0.05) is 12.7 Å². The molecular formula is C13H12F3N3O. The predicted octanol–water partition coefficient (Wildman–Crippen LogP) is 3.00. The van der Waals surface area contributed by atoms with Gasteiger partial charge in [-0.15, -0.1) is 0 Å². The largest absolute Gasteiger partial charge is 0.418 e. The number of aromatic nitrogens is 2. The number of hydrogen-bond acceptors (Lipinski definition) is 2. The zero-order chi connectivity index (χ0) is 14.9. The monoisotopic (exact) mass is 283 g/mol. The molecule has 0 fully saturated rings. The molecule has 0 aliphatic heterocycles. The van der Waals surface area contributed by atoms with E-state index in [9.17, 15) is 18.0 Å². The van der Waals surface area contributed by atoms with Crippen LogP contribution in [-0.4, -0.2) is 15.7 Å². The smallest absolute Gasteiger partial charge is 0.321 e. The van der Waals surface area contributed by atoms with Crippen LogP contribution >= 0.6 is 0 Å². The number of amides is 1. The Morgan fingerprint density at radius 1 is 1.30 bits per heavy atom. The molecule has 7 heteroatoms. The Bertz CT molecular complexity index is 647. The van der Waals surface area contributed by atoms with Gasteiger partial charge >= 0.3 is 6.18 Å². The van der Waals surface area contributed by atoms with Crippen molar-refractivity contribution in [2.75, 3.05) is 5.32 Å². The summed E-state index contributed by atoms with van der Waals surface area (Å²) in [4.78, 5) is 12.0. The van der Waals surface area contributed by atoms with Crippen LogP contribution in [0.3, 0.4) is 0 Å². The number of aryl methyl sites for hydroxylation is 1. The van der Waals surface area contributed by atoms with Crippen molar-refractivity contribution >= 4 is 11.6 Å². The van der Waals surface area contributed by atoms with Gasteiger partial charge in [-0.05, 0) is 19.1 Å². The minimum absolute atomic E-state index is 0.240. The molecular weight excluding hydrogens is 271 g/mol. The van der Waals surface area contributed by atoms with Gasteiger partial charge in [0.05, 0.1) is 23.0 Å². The third-order valence-corrected chi connectivity index (χ3v) is 2.96. The summed E-state index contributed by atoms with van der Waals surface area (Å²) >= 11 is 0. The molecule has 0 atom stereocenters. The molecule has 0 aliphatic rings. The fraction of sp³-hybridized carbons (Fsp3) is 0.231. The van der Waals surface area contributed by atoms with Gasteiger partial charge in [-0.3, -0.25) is 9.48 Å². The lowest BCUT2D eigenvalue weighted by atomic mass is 10.1. The quantitative estimate of drug-likeness (QED) is 0.921. The Morgan fingerprint density at radius 3 is 2.50 bits per heavy atom. The number of benzene rings is 1. The highest BCUT2D eigenvalue weighted by atomic mass is 19.4. The molecule has 0 aliphatic carbocycles. The number of alkyl halides is 3. The van der Waals surface area contributed by atoms with Gasteiger partial charge in [-0.25, -0.2) is 0 Å². The lowest BCUT2D eigenvalue weighted by molar-refractivity contribution is -0.136. The minimum atomic E-state index is -4.52. The zero-order valence-corrected chi connectivity index (χ0v) is 10.8. The van der Waals surface area contributed by atoms with Crippen molar-refractivity contribution in [3.63, 3.8) is 0 Å². The van der Waals surface area contributed by atoms with Crippen LogP contribution < -0.4 is 5.32 Å². The Morgan fingerprint density at radius 2 is 1.95 bits per heavy atom. The first kappa shape index (κ1) is 14.1. The van der Waals surface area contributed by atoms with Crippen molar-refractivity contribution < 1.29 is 18.0 Å². The van der Waals surface area contributed by atoms with Crippen LogP contribution in [0.15, 0.2) is 30.5 Å². The highest BCUT2D eigenvalue weighted by molar-refractivity contribution is 6.05. The average molecular weight is 283 g/mol. The molecule has 0 spiro atoms. The first-order chi connectivity index (χ1) is 9.30. The molecule has 0 bridgehead atoms. The first-order valence-corrected chi connectivity index (χ1v) is 5.77. The molecule has 0 saturated heterocycles. The first-order valence-electron chi connectivity index (χ1n) is 5.77. The van der Waals surface area contributed by atoms with E-state index in [0.29, 0.717) is 5.69 Å². The van der Waals surface area contributed by atoms with Crippen molar-refractivity contribution in [3.05, 3.63) is 47.3 Å². The van der Waals surface area contributed by atoms with Gasteiger partial charge in [0.1, 0.15) is 0 Å². The predicted molar refractivity (Wildman–Crippen MR) is 67.3 cm³/mol. The van der Waals surface area contributed by atoms with Crippen LogP contribution in [0.25, 0.3) is 0 Å². The van der Waals surface area contributed by atoms with E-state index in [2.05, 4.69) is 10.4 Å². The van der Waals surface area contributed by atoms with Crippen molar-refractivity contribution in [1.82, 2.24) is 9.78 Å². The van der Waals surface area contributed by atoms with E-state index in [1.54, 1.807) is 14.0 Å². The van der Waals surface area contributed by atoms with Crippen molar-refractivity contribution in [2.24, 2.45) is 7.05 Å². The van der Waals surface area contributed by atoms with E-state index < -0.39 is 17.6 Å². The SMILES string of the molecule is Cc1c(C(=O)Nc2ccccc2C(F)(F)F)cnn1C. The van der Waals surface area contributed by atoms with Crippen LogP contribution in [0.2, 0.25) is 0 Å². The Labute approximate surface area is 113 Å². The van der Waals surface area contributed by atoms with Gasteiger partial charge in [0.25, 0.3) is 5.91 Å². The van der Waals surface area contributed by atoms with Gasteiger partial charge in [0.2, 0.25) is 0 Å². The lowest BCUT2D eigenvalue weighted by Gasteiger charge is -2.13. The van der Waals surface area contributed by atoms with Gasteiger partial charge in [-0.1, -0.05) is 12.1 Å². The van der Waals surface area contributed by atoms with E-state index in [-0.39, 0.29) is 11.3 Å². The Kier molecular flexibility index (Phi) is 3.52. The molecule has 20 heavy (non-hydrogen) atoms. The second-order valence-corrected chi connectivity index (χ2v) is 4.26. The zero-order valence-electron chi connectivity index (χ0n) is 10.8. The molecule has 1 aromatic carbocycles.